The Morgan fingerprint density at radius 1 is 1.16 bits per heavy atom. The first kappa shape index (κ1) is 20.4. The van der Waals surface area contributed by atoms with Crippen molar-refractivity contribution in [2.75, 3.05) is 25.4 Å². The summed E-state index contributed by atoms with van der Waals surface area (Å²) in [6.45, 7) is 5.69. The number of nitrogens with zero attached hydrogens (tertiary/aromatic N) is 5. The number of thioether (sulfide) groups is 1. The Balaban J connectivity index is 1.04. The van der Waals surface area contributed by atoms with Crippen molar-refractivity contribution in [3.63, 3.8) is 0 Å². The average Bonchev–Trinajstić information content (AvgIpc) is 3.07. The van der Waals surface area contributed by atoms with Crippen LogP contribution in [0.15, 0.2) is 53.7 Å². The molecule has 2 atom stereocenters. The van der Waals surface area contributed by atoms with Gasteiger partial charge in [-0.15, -0.1) is 21.5 Å². The van der Waals surface area contributed by atoms with E-state index >= 15 is 0 Å². The van der Waals surface area contributed by atoms with Crippen molar-refractivity contribution in [1.29, 1.82) is 0 Å². The van der Waals surface area contributed by atoms with E-state index in [1.165, 1.54) is 41.7 Å². The van der Waals surface area contributed by atoms with Crippen LogP contribution in [-0.4, -0.2) is 50.0 Å². The molecular formula is C25H27N5S2. The van der Waals surface area contributed by atoms with Crippen LogP contribution < -0.4 is 0 Å². The van der Waals surface area contributed by atoms with Gasteiger partial charge in [-0.1, -0.05) is 48.2 Å². The number of aryl methyl sites for hydroxylation is 1. The predicted molar refractivity (Wildman–Crippen MR) is 132 cm³/mol. The number of aromatic nitrogens is 4. The second-order valence-electron chi connectivity index (χ2n) is 9.14. The van der Waals surface area contributed by atoms with Gasteiger partial charge in [-0.05, 0) is 49.9 Å². The first-order chi connectivity index (χ1) is 15.6. The molecule has 4 aromatic rings. The average molecular weight is 462 g/mol. The molecule has 0 amide bonds. The maximum atomic E-state index is 4.72. The lowest BCUT2D eigenvalue weighted by Crippen LogP contribution is -2.27. The molecule has 2 aliphatic rings. The van der Waals surface area contributed by atoms with Crippen LogP contribution in [0.25, 0.3) is 21.6 Å². The molecule has 32 heavy (non-hydrogen) atoms. The molecule has 7 heteroatoms. The molecule has 1 saturated heterocycles. The molecule has 6 rings (SSSR count). The van der Waals surface area contributed by atoms with Gasteiger partial charge in [0.2, 0.25) is 0 Å². The summed E-state index contributed by atoms with van der Waals surface area (Å²) < 4.78 is 3.42. The zero-order valence-corrected chi connectivity index (χ0v) is 20.1. The van der Waals surface area contributed by atoms with E-state index in [9.17, 15) is 0 Å². The minimum Gasteiger partial charge on any atom is -0.305 e. The van der Waals surface area contributed by atoms with Crippen molar-refractivity contribution >= 4 is 33.3 Å². The Morgan fingerprint density at radius 2 is 2.03 bits per heavy atom. The van der Waals surface area contributed by atoms with Gasteiger partial charge in [-0.25, -0.2) is 4.98 Å². The summed E-state index contributed by atoms with van der Waals surface area (Å²) in [5.74, 6) is 2.82. The third-order valence-electron chi connectivity index (χ3n) is 7.00. The van der Waals surface area contributed by atoms with Gasteiger partial charge in [0.05, 0.1) is 15.2 Å². The van der Waals surface area contributed by atoms with Crippen LogP contribution >= 0.6 is 23.1 Å². The fraction of sp³-hybridized carbons (Fsp3) is 0.400. The Labute approximate surface area is 196 Å². The number of piperidine rings is 1. The van der Waals surface area contributed by atoms with Crippen LogP contribution in [0.3, 0.4) is 0 Å². The van der Waals surface area contributed by atoms with E-state index in [1.54, 1.807) is 11.3 Å². The van der Waals surface area contributed by atoms with Crippen molar-refractivity contribution in [2.24, 2.45) is 13.0 Å². The van der Waals surface area contributed by atoms with Gasteiger partial charge < -0.3 is 9.47 Å². The van der Waals surface area contributed by atoms with Crippen LogP contribution in [0.2, 0.25) is 0 Å². The van der Waals surface area contributed by atoms with Crippen molar-refractivity contribution in [3.8, 4) is 11.4 Å². The lowest BCUT2D eigenvalue weighted by atomic mass is 9.95. The lowest BCUT2D eigenvalue weighted by Gasteiger charge is -2.21. The topological polar surface area (TPSA) is 46.8 Å². The third-order valence-corrected chi connectivity index (χ3v) is 9.06. The molecule has 164 valence electrons. The quantitative estimate of drug-likeness (QED) is 0.281. The van der Waals surface area contributed by atoms with Gasteiger partial charge in [0.25, 0.3) is 0 Å². The maximum absolute atomic E-state index is 4.72. The van der Waals surface area contributed by atoms with E-state index in [-0.39, 0.29) is 0 Å². The van der Waals surface area contributed by atoms with Crippen molar-refractivity contribution in [3.05, 3.63) is 59.1 Å². The summed E-state index contributed by atoms with van der Waals surface area (Å²) in [4.78, 5) is 7.38. The summed E-state index contributed by atoms with van der Waals surface area (Å²) in [5, 5.41) is 11.0. The third kappa shape index (κ3) is 3.56. The number of fused-ring (bicyclic) bond motifs is 2. The standard InChI is InChI=1S/C25H27N5S2/c1-17-26-21-13-19(9-10-22(21)32-17)25-14-20(25)15-30(16-25)11-6-12-31-24-28-27-23(29(24)2)18-7-4-3-5-8-18/h3-5,7-10,13,20H,6,11-12,14-16H2,1-2H3/t20-,25+/m0/s1. The van der Waals surface area contributed by atoms with E-state index in [0.29, 0.717) is 5.41 Å². The summed E-state index contributed by atoms with van der Waals surface area (Å²) >= 11 is 3.61. The van der Waals surface area contributed by atoms with Crippen LogP contribution in [0.4, 0.5) is 0 Å². The molecule has 1 aliphatic heterocycles. The SMILES string of the molecule is Cc1nc2cc([C@]34C[C@H]3CN(CCCSc3nnc(-c5ccccc5)n3C)C4)ccc2s1. The molecular weight excluding hydrogens is 434 g/mol. The molecule has 2 fully saturated rings. The molecule has 1 saturated carbocycles. The second-order valence-corrected chi connectivity index (χ2v) is 11.4. The maximum Gasteiger partial charge on any atom is 0.191 e. The highest BCUT2D eigenvalue weighted by molar-refractivity contribution is 7.99. The minimum atomic E-state index is 0.382. The fourth-order valence-electron chi connectivity index (χ4n) is 5.29. The number of likely N-dealkylation sites (tertiary alicyclic amines) is 1. The summed E-state index contributed by atoms with van der Waals surface area (Å²) in [6, 6.07) is 17.3. The Bertz CT molecular complexity index is 1260. The van der Waals surface area contributed by atoms with Gasteiger partial charge in [0, 0.05) is 36.9 Å². The smallest absolute Gasteiger partial charge is 0.191 e. The highest BCUT2D eigenvalue weighted by Gasteiger charge is 2.60. The Morgan fingerprint density at radius 3 is 2.91 bits per heavy atom. The van der Waals surface area contributed by atoms with E-state index in [2.05, 4.69) is 64.0 Å². The fourth-order valence-corrected chi connectivity index (χ4v) is 6.93. The molecule has 2 aromatic heterocycles. The van der Waals surface area contributed by atoms with Crippen LogP contribution in [0.5, 0.6) is 0 Å². The number of hydrogen-bond acceptors (Lipinski definition) is 6. The zero-order chi connectivity index (χ0) is 21.7. The molecule has 1 aliphatic carbocycles. The molecule has 0 unspecified atom stereocenters. The molecule has 0 radical (unpaired) electrons. The normalized spacial score (nSPS) is 22.5. The summed E-state index contributed by atoms with van der Waals surface area (Å²) in [6.07, 6.45) is 2.51. The van der Waals surface area contributed by atoms with Gasteiger partial charge in [-0.3, -0.25) is 0 Å². The van der Waals surface area contributed by atoms with Crippen LogP contribution in [-0.2, 0) is 12.5 Å². The molecule has 3 heterocycles. The Hall–Kier alpha value is -2.22. The second kappa shape index (κ2) is 7.97. The molecule has 2 aromatic carbocycles. The predicted octanol–water partition coefficient (Wildman–Crippen LogP) is 5.16. The largest absolute Gasteiger partial charge is 0.305 e. The van der Waals surface area contributed by atoms with Crippen molar-refractivity contribution < 1.29 is 0 Å². The number of thiazole rings is 1. The van der Waals surface area contributed by atoms with Gasteiger partial charge in [0.1, 0.15) is 0 Å². The van der Waals surface area contributed by atoms with Gasteiger partial charge in [-0.2, -0.15) is 0 Å². The lowest BCUT2D eigenvalue weighted by molar-refractivity contribution is 0.299. The number of hydrogen-bond donors (Lipinski definition) is 0. The van der Waals surface area contributed by atoms with E-state index in [4.69, 9.17) is 4.98 Å². The van der Waals surface area contributed by atoms with E-state index in [0.717, 1.165) is 39.8 Å². The Kier molecular flexibility index (Phi) is 5.08. The van der Waals surface area contributed by atoms with Gasteiger partial charge in [0.15, 0.2) is 11.0 Å². The molecule has 0 N–H and O–H groups in total. The summed E-state index contributed by atoms with van der Waals surface area (Å²) in [5.41, 5.74) is 4.18. The van der Waals surface area contributed by atoms with Crippen molar-refractivity contribution in [1.82, 2.24) is 24.6 Å². The van der Waals surface area contributed by atoms with Crippen molar-refractivity contribution in [2.45, 2.75) is 30.3 Å². The zero-order valence-electron chi connectivity index (χ0n) is 18.5. The molecule has 0 spiro atoms. The summed E-state index contributed by atoms with van der Waals surface area (Å²) in [7, 11) is 2.06. The van der Waals surface area contributed by atoms with Crippen LogP contribution in [0, 0.1) is 12.8 Å². The van der Waals surface area contributed by atoms with Gasteiger partial charge >= 0.3 is 0 Å². The first-order valence-corrected chi connectivity index (χ1v) is 13.1. The van der Waals surface area contributed by atoms with E-state index in [1.807, 2.05) is 30.0 Å². The molecule has 0 bridgehead atoms. The minimum absolute atomic E-state index is 0.382. The van der Waals surface area contributed by atoms with Crippen LogP contribution in [0.1, 0.15) is 23.4 Å². The number of benzene rings is 2. The highest BCUT2D eigenvalue weighted by atomic mass is 32.2. The first-order valence-electron chi connectivity index (χ1n) is 11.3. The van der Waals surface area contributed by atoms with E-state index < -0.39 is 0 Å². The number of rotatable bonds is 7. The molecule has 5 nitrogen and oxygen atoms in total. The highest BCUT2D eigenvalue weighted by Crippen LogP contribution is 2.59. The monoisotopic (exact) mass is 461 g/mol.